The van der Waals surface area contributed by atoms with Crippen molar-refractivity contribution in [1.82, 2.24) is 20.3 Å². The van der Waals surface area contributed by atoms with Gasteiger partial charge in [0.15, 0.2) is 5.96 Å². The number of nitrogens with zero attached hydrogens (tertiary/aromatic N) is 4. The lowest BCUT2D eigenvalue weighted by atomic mass is 10.1. The molecule has 0 amide bonds. The minimum atomic E-state index is -0.559. The van der Waals surface area contributed by atoms with Crippen molar-refractivity contribution < 1.29 is 13.3 Å². The zero-order chi connectivity index (χ0) is 19.1. The first-order valence-corrected chi connectivity index (χ1v) is 9.24. The molecule has 0 spiro atoms. The summed E-state index contributed by atoms with van der Waals surface area (Å²) in [5.74, 6) is -0.241. The van der Waals surface area contributed by atoms with E-state index >= 15 is 0 Å². The van der Waals surface area contributed by atoms with Crippen molar-refractivity contribution in [3.8, 4) is 0 Å². The molecule has 0 aliphatic carbocycles. The van der Waals surface area contributed by atoms with E-state index in [2.05, 4.69) is 25.3 Å². The summed E-state index contributed by atoms with van der Waals surface area (Å²) in [5, 5.41) is 7.25. The second-order valence-electron chi connectivity index (χ2n) is 6.48. The predicted octanol–water partition coefficient (Wildman–Crippen LogP) is 2.90. The number of benzene rings is 1. The molecule has 1 aromatic carbocycles. The van der Waals surface area contributed by atoms with E-state index < -0.39 is 11.6 Å². The van der Waals surface area contributed by atoms with Crippen LogP contribution in [0.4, 0.5) is 8.78 Å². The molecule has 1 fully saturated rings. The van der Waals surface area contributed by atoms with Gasteiger partial charge in [0, 0.05) is 57.9 Å². The number of aliphatic imine (C=N–C) groups is 1. The number of guanidine groups is 1. The summed E-state index contributed by atoms with van der Waals surface area (Å²) in [7, 11) is 0. The maximum Gasteiger partial charge on any atom is 0.194 e. The third-order valence-corrected chi connectivity index (χ3v) is 4.54. The molecule has 2 aromatic rings. The van der Waals surface area contributed by atoms with E-state index in [-0.39, 0.29) is 24.0 Å². The molecule has 154 valence electrons. The molecule has 0 bridgehead atoms. The van der Waals surface area contributed by atoms with Crippen molar-refractivity contribution in [3.05, 3.63) is 53.4 Å². The van der Waals surface area contributed by atoms with Gasteiger partial charge in [0.05, 0.1) is 5.69 Å². The minimum absolute atomic E-state index is 0. The number of rotatable bonds is 6. The van der Waals surface area contributed by atoms with Gasteiger partial charge in [-0.3, -0.25) is 9.89 Å². The number of nitrogens with one attached hydrogen (secondary N) is 1. The molecule has 6 nitrogen and oxygen atoms in total. The average molecular weight is 505 g/mol. The Morgan fingerprint density at radius 2 is 2.00 bits per heavy atom. The van der Waals surface area contributed by atoms with Crippen molar-refractivity contribution >= 4 is 29.9 Å². The Kier molecular flexibility index (Phi) is 9.10. The average Bonchev–Trinajstić information content (AvgIpc) is 3.16. The normalized spacial score (nSPS) is 15.4. The molecule has 0 unspecified atom stereocenters. The Morgan fingerprint density at radius 3 is 2.64 bits per heavy atom. The maximum absolute atomic E-state index is 13.7. The Balaban J connectivity index is 0.00000280. The summed E-state index contributed by atoms with van der Waals surface area (Å²) in [6.45, 7) is 7.54. The summed E-state index contributed by atoms with van der Waals surface area (Å²) in [6.07, 6.45) is 2.03. The molecule has 1 saturated heterocycles. The minimum Gasteiger partial charge on any atom is -0.364 e. The second kappa shape index (κ2) is 11.3. The molecule has 1 N–H and O–H groups in total. The third-order valence-electron chi connectivity index (χ3n) is 4.54. The zero-order valence-electron chi connectivity index (χ0n) is 15.9. The standard InChI is InChI=1S/C19H25F2N5O.HI/c1-2-22-19(23-7-5-15-3-4-16(20)13-18(15)21)26-10-8-25(9-11-26)14-17-6-12-27-24-17;/h3-4,6,12-13H,2,5,7-11,14H2,1H3,(H,22,23);1H. The number of aromatic nitrogens is 1. The fourth-order valence-electron chi connectivity index (χ4n) is 3.10. The highest BCUT2D eigenvalue weighted by molar-refractivity contribution is 14.0. The van der Waals surface area contributed by atoms with Crippen LogP contribution in [-0.2, 0) is 13.0 Å². The van der Waals surface area contributed by atoms with Gasteiger partial charge >= 0.3 is 0 Å². The summed E-state index contributed by atoms with van der Waals surface area (Å²) < 4.78 is 31.6. The maximum atomic E-state index is 13.7. The molecule has 0 saturated carbocycles. The molecule has 28 heavy (non-hydrogen) atoms. The van der Waals surface area contributed by atoms with E-state index in [0.29, 0.717) is 18.5 Å². The first-order valence-electron chi connectivity index (χ1n) is 9.24. The summed E-state index contributed by atoms with van der Waals surface area (Å²) >= 11 is 0. The van der Waals surface area contributed by atoms with Crippen LogP contribution in [0.2, 0.25) is 0 Å². The second-order valence-corrected chi connectivity index (χ2v) is 6.48. The summed E-state index contributed by atoms with van der Waals surface area (Å²) in [5.41, 5.74) is 1.42. The largest absolute Gasteiger partial charge is 0.364 e. The van der Waals surface area contributed by atoms with Crippen LogP contribution < -0.4 is 5.32 Å². The van der Waals surface area contributed by atoms with Gasteiger partial charge in [-0.25, -0.2) is 8.78 Å². The molecule has 0 radical (unpaired) electrons. The van der Waals surface area contributed by atoms with E-state index in [1.54, 1.807) is 6.26 Å². The van der Waals surface area contributed by atoms with Crippen LogP contribution in [0.15, 0.2) is 40.0 Å². The number of piperazine rings is 1. The molecular formula is C19H26F2IN5O. The van der Waals surface area contributed by atoms with Gasteiger partial charge in [-0.15, -0.1) is 24.0 Å². The summed E-state index contributed by atoms with van der Waals surface area (Å²) in [6, 6.07) is 5.56. The van der Waals surface area contributed by atoms with Gasteiger partial charge in [-0.1, -0.05) is 11.2 Å². The van der Waals surface area contributed by atoms with Crippen molar-refractivity contribution in [1.29, 1.82) is 0 Å². The molecule has 1 aliphatic rings. The Morgan fingerprint density at radius 1 is 1.21 bits per heavy atom. The van der Waals surface area contributed by atoms with Crippen molar-refractivity contribution in [2.24, 2.45) is 4.99 Å². The van der Waals surface area contributed by atoms with E-state index in [0.717, 1.165) is 57.0 Å². The molecule has 1 aromatic heterocycles. The smallest absolute Gasteiger partial charge is 0.194 e. The number of hydrogen-bond donors (Lipinski definition) is 1. The van der Waals surface area contributed by atoms with E-state index in [4.69, 9.17) is 4.52 Å². The Labute approximate surface area is 181 Å². The van der Waals surface area contributed by atoms with E-state index in [9.17, 15) is 8.78 Å². The van der Waals surface area contributed by atoms with Crippen LogP contribution in [-0.4, -0.2) is 60.2 Å². The molecule has 3 rings (SSSR count). The third kappa shape index (κ3) is 6.40. The monoisotopic (exact) mass is 505 g/mol. The molecule has 9 heteroatoms. The topological polar surface area (TPSA) is 56.9 Å². The van der Waals surface area contributed by atoms with Crippen molar-refractivity contribution in [2.45, 2.75) is 19.9 Å². The van der Waals surface area contributed by atoms with E-state index in [1.807, 2.05) is 13.0 Å². The lowest BCUT2D eigenvalue weighted by molar-refractivity contribution is 0.169. The Bertz CT molecular complexity index is 749. The lowest BCUT2D eigenvalue weighted by Crippen LogP contribution is -2.52. The first-order chi connectivity index (χ1) is 13.2. The van der Waals surface area contributed by atoms with Crippen LogP contribution in [0.3, 0.4) is 0 Å². The molecule has 0 atom stereocenters. The van der Waals surface area contributed by atoms with Gasteiger partial charge in [0.25, 0.3) is 0 Å². The highest BCUT2D eigenvalue weighted by atomic mass is 127. The van der Waals surface area contributed by atoms with Gasteiger partial charge < -0.3 is 14.7 Å². The Hall–Kier alpha value is -1.75. The fourth-order valence-corrected chi connectivity index (χ4v) is 3.10. The van der Waals surface area contributed by atoms with Crippen molar-refractivity contribution in [3.63, 3.8) is 0 Å². The molecule has 1 aliphatic heterocycles. The van der Waals surface area contributed by atoms with Crippen LogP contribution in [0, 0.1) is 11.6 Å². The fraction of sp³-hybridized carbons (Fsp3) is 0.474. The highest BCUT2D eigenvalue weighted by Crippen LogP contribution is 2.11. The summed E-state index contributed by atoms with van der Waals surface area (Å²) in [4.78, 5) is 9.16. The number of hydrogen-bond acceptors (Lipinski definition) is 4. The lowest BCUT2D eigenvalue weighted by Gasteiger charge is -2.36. The van der Waals surface area contributed by atoms with Gasteiger partial charge in [0.2, 0.25) is 0 Å². The van der Waals surface area contributed by atoms with Crippen LogP contribution >= 0.6 is 24.0 Å². The SMILES string of the molecule is CCNC(=NCCc1ccc(F)cc1F)N1CCN(Cc2ccon2)CC1.I. The van der Waals surface area contributed by atoms with Gasteiger partial charge in [0.1, 0.15) is 17.9 Å². The van der Waals surface area contributed by atoms with Gasteiger partial charge in [-0.05, 0) is 25.0 Å². The predicted molar refractivity (Wildman–Crippen MR) is 115 cm³/mol. The van der Waals surface area contributed by atoms with Crippen molar-refractivity contribution in [2.75, 3.05) is 39.3 Å². The first kappa shape index (κ1) is 22.5. The highest BCUT2D eigenvalue weighted by Gasteiger charge is 2.20. The molecule has 2 heterocycles. The van der Waals surface area contributed by atoms with Gasteiger partial charge in [-0.2, -0.15) is 0 Å². The van der Waals surface area contributed by atoms with Crippen LogP contribution in [0.25, 0.3) is 0 Å². The van der Waals surface area contributed by atoms with E-state index in [1.165, 1.54) is 12.1 Å². The van der Waals surface area contributed by atoms with Crippen LogP contribution in [0.5, 0.6) is 0 Å². The zero-order valence-corrected chi connectivity index (χ0v) is 18.2. The van der Waals surface area contributed by atoms with Crippen LogP contribution in [0.1, 0.15) is 18.2 Å². The number of halogens is 3. The molecular weight excluding hydrogens is 479 g/mol. The quantitative estimate of drug-likeness (QED) is 0.372.